The second-order valence-electron chi connectivity index (χ2n) is 26.6. The first-order chi connectivity index (χ1) is 44.6. The third kappa shape index (κ3) is 65.4. The molecule has 0 aromatic heterocycles. The molecule has 0 aliphatic heterocycles. The van der Waals surface area contributed by atoms with Gasteiger partial charge in [0.05, 0.1) is 26.4 Å². The van der Waals surface area contributed by atoms with Crippen LogP contribution in [0.3, 0.4) is 0 Å². The molecular formula is C73H142O17P2. The predicted molar refractivity (Wildman–Crippen MR) is 372 cm³/mol. The first kappa shape index (κ1) is 90.1. The molecule has 6 atom stereocenters. The molecule has 0 aromatic carbocycles. The van der Waals surface area contributed by atoms with Gasteiger partial charge in [0.2, 0.25) is 0 Å². The monoisotopic (exact) mass is 1350 g/mol. The van der Waals surface area contributed by atoms with E-state index in [1.54, 1.807) is 0 Å². The van der Waals surface area contributed by atoms with Gasteiger partial charge in [0, 0.05) is 25.7 Å². The van der Waals surface area contributed by atoms with Gasteiger partial charge in [-0.1, -0.05) is 330 Å². The molecule has 0 aliphatic rings. The van der Waals surface area contributed by atoms with E-state index in [4.69, 9.17) is 37.0 Å². The van der Waals surface area contributed by atoms with Crippen LogP contribution in [-0.4, -0.2) is 96.7 Å². The zero-order valence-corrected chi connectivity index (χ0v) is 61.5. The van der Waals surface area contributed by atoms with Gasteiger partial charge in [0.25, 0.3) is 0 Å². The summed E-state index contributed by atoms with van der Waals surface area (Å²) in [6.45, 7) is 7.24. The largest absolute Gasteiger partial charge is 0.472 e. The number of phosphoric ester groups is 2. The summed E-state index contributed by atoms with van der Waals surface area (Å²) >= 11 is 0. The molecule has 3 unspecified atom stereocenters. The Kier molecular flexibility index (Phi) is 64.9. The molecule has 0 rings (SSSR count). The van der Waals surface area contributed by atoms with Crippen LogP contribution in [-0.2, 0) is 65.4 Å². The van der Waals surface area contributed by atoms with Gasteiger partial charge in [-0.3, -0.25) is 37.3 Å². The van der Waals surface area contributed by atoms with E-state index in [1.807, 2.05) is 0 Å². The Hall–Kier alpha value is -1.94. The second kappa shape index (κ2) is 66.3. The number of rotatable bonds is 73. The Bertz CT molecular complexity index is 1770. The van der Waals surface area contributed by atoms with Gasteiger partial charge in [-0.25, -0.2) is 9.13 Å². The van der Waals surface area contributed by atoms with E-state index in [9.17, 15) is 43.2 Å². The number of aliphatic hydroxyl groups excluding tert-OH is 1. The fourth-order valence-electron chi connectivity index (χ4n) is 11.1. The Balaban J connectivity index is 5.10. The normalized spacial score (nSPS) is 14.3. The van der Waals surface area contributed by atoms with Gasteiger partial charge >= 0.3 is 39.5 Å². The first-order valence-electron chi connectivity index (χ1n) is 38.2. The van der Waals surface area contributed by atoms with Crippen LogP contribution < -0.4 is 0 Å². The molecule has 92 heavy (non-hydrogen) atoms. The molecule has 0 heterocycles. The van der Waals surface area contributed by atoms with Crippen LogP contribution in [0.5, 0.6) is 0 Å². The van der Waals surface area contributed by atoms with E-state index in [2.05, 4.69) is 34.6 Å². The summed E-state index contributed by atoms with van der Waals surface area (Å²) in [5, 5.41) is 10.6. The molecule has 0 saturated carbocycles. The smallest absolute Gasteiger partial charge is 0.462 e. The third-order valence-electron chi connectivity index (χ3n) is 17.4. The fraction of sp³-hybridized carbons (Fsp3) is 0.945. The fourth-order valence-corrected chi connectivity index (χ4v) is 12.7. The lowest BCUT2D eigenvalue weighted by atomic mass is 9.99. The quantitative estimate of drug-likeness (QED) is 0.0222. The molecule has 0 spiro atoms. The summed E-state index contributed by atoms with van der Waals surface area (Å²) in [5.74, 6) is -1.26. The number of unbranched alkanes of at least 4 members (excludes halogenated alkanes) is 44. The van der Waals surface area contributed by atoms with Crippen LogP contribution in [0.15, 0.2) is 0 Å². The summed E-state index contributed by atoms with van der Waals surface area (Å²) in [5.41, 5.74) is 0. The number of ether oxygens (including phenoxy) is 4. The summed E-state index contributed by atoms with van der Waals surface area (Å²) in [6.07, 6.45) is 54.5. The summed E-state index contributed by atoms with van der Waals surface area (Å²) in [4.78, 5) is 72.3. The maximum Gasteiger partial charge on any atom is 0.472 e. The van der Waals surface area contributed by atoms with Gasteiger partial charge in [-0.2, -0.15) is 0 Å². The van der Waals surface area contributed by atoms with Crippen molar-refractivity contribution in [3.05, 3.63) is 0 Å². The van der Waals surface area contributed by atoms with E-state index < -0.39 is 97.5 Å². The van der Waals surface area contributed by atoms with Crippen molar-refractivity contribution in [2.75, 3.05) is 39.6 Å². The molecule has 546 valence electrons. The van der Waals surface area contributed by atoms with Crippen LogP contribution in [0.1, 0.15) is 381 Å². The highest BCUT2D eigenvalue weighted by atomic mass is 31.2. The first-order valence-corrected chi connectivity index (χ1v) is 41.2. The minimum Gasteiger partial charge on any atom is -0.462 e. The standard InChI is InChI=1S/C73H142O17P2/c1-6-10-13-16-18-20-22-23-31-35-38-42-47-52-57-71(76)84-63-69(90-73(78)59-54-49-44-40-36-32-29-27-25-24-26-28-30-34-37-41-46-50-55-66(5)9-4)65-88-92(81,82)86-61-67(74)60-85-91(79,80)87-64-68(62-83-70(75)56-51-45-15-12-8-3)89-72(77)58-53-48-43-39-33-21-19-17-14-11-7-2/h66-69,74H,6-65H2,1-5H3,(H,79,80)(H,81,82)/t66?,67-,68+,69+/m0/s1. The van der Waals surface area contributed by atoms with Crippen molar-refractivity contribution in [1.82, 2.24) is 0 Å². The summed E-state index contributed by atoms with van der Waals surface area (Å²) < 4.78 is 68.1. The van der Waals surface area contributed by atoms with Gasteiger partial charge in [0.1, 0.15) is 19.3 Å². The molecule has 0 radical (unpaired) electrons. The lowest BCUT2D eigenvalue weighted by molar-refractivity contribution is -0.161. The van der Waals surface area contributed by atoms with Crippen LogP contribution in [0.2, 0.25) is 0 Å². The minimum atomic E-state index is -4.95. The van der Waals surface area contributed by atoms with Crippen LogP contribution in [0, 0.1) is 5.92 Å². The summed E-state index contributed by atoms with van der Waals surface area (Å²) in [7, 11) is -9.89. The molecule has 0 aromatic rings. The van der Waals surface area contributed by atoms with Crippen molar-refractivity contribution >= 4 is 39.5 Å². The van der Waals surface area contributed by atoms with Crippen molar-refractivity contribution < 1.29 is 80.2 Å². The van der Waals surface area contributed by atoms with Crippen molar-refractivity contribution in [2.24, 2.45) is 5.92 Å². The van der Waals surface area contributed by atoms with E-state index >= 15 is 0 Å². The molecule has 0 amide bonds. The molecule has 0 fully saturated rings. The van der Waals surface area contributed by atoms with E-state index in [1.165, 1.54) is 199 Å². The predicted octanol–water partition coefficient (Wildman–Crippen LogP) is 21.3. The highest BCUT2D eigenvalue weighted by molar-refractivity contribution is 7.47. The molecular weight excluding hydrogens is 1210 g/mol. The van der Waals surface area contributed by atoms with Crippen LogP contribution in [0.4, 0.5) is 0 Å². The number of carbonyl (C=O) groups is 4. The number of carbonyl (C=O) groups excluding carboxylic acids is 4. The molecule has 17 nitrogen and oxygen atoms in total. The summed E-state index contributed by atoms with van der Waals surface area (Å²) in [6, 6.07) is 0. The molecule has 0 bridgehead atoms. The van der Waals surface area contributed by atoms with Crippen molar-refractivity contribution in [3.8, 4) is 0 Å². The van der Waals surface area contributed by atoms with E-state index in [0.717, 1.165) is 102 Å². The Morgan fingerprint density at radius 3 is 0.772 bits per heavy atom. The molecule has 19 heteroatoms. The molecule has 0 saturated heterocycles. The lowest BCUT2D eigenvalue weighted by Gasteiger charge is -2.21. The highest BCUT2D eigenvalue weighted by Crippen LogP contribution is 2.45. The Morgan fingerprint density at radius 1 is 0.304 bits per heavy atom. The van der Waals surface area contributed by atoms with Crippen molar-refractivity contribution in [3.63, 3.8) is 0 Å². The molecule has 3 N–H and O–H groups in total. The number of phosphoric acid groups is 2. The number of hydrogen-bond donors (Lipinski definition) is 3. The zero-order valence-electron chi connectivity index (χ0n) is 59.7. The average molecular weight is 1350 g/mol. The number of esters is 4. The van der Waals surface area contributed by atoms with E-state index in [-0.39, 0.29) is 25.7 Å². The Morgan fingerprint density at radius 2 is 0.522 bits per heavy atom. The Labute approximate surface area is 562 Å². The van der Waals surface area contributed by atoms with Crippen LogP contribution >= 0.6 is 15.6 Å². The van der Waals surface area contributed by atoms with Gasteiger partial charge < -0.3 is 33.8 Å². The second-order valence-corrected chi connectivity index (χ2v) is 29.5. The maximum atomic E-state index is 13.1. The van der Waals surface area contributed by atoms with E-state index in [0.29, 0.717) is 25.7 Å². The molecule has 0 aliphatic carbocycles. The minimum absolute atomic E-state index is 0.106. The maximum absolute atomic E-state index is 13.1. The third-order valence-corrected chi connectivity index (χ3v) is 19.3. The van der Waals surface area contributed by atoms with Gasteiger partial charge in [-0.15, -0.1) is 0 Å². The number of aliphatic hydroxyl groups is 1. The topological polar surface area (TPSA) is 237 Å². The average Bonchev–Trinajstić information content (AvgIpc) is 2.80. The van der Waals surface area contributed by atoms with Crippen LogP contribution in [0.25, 0.3) is 0 Å². The zero-order chi connectivity index (χ0) is 67.7. The van der Waals surface area contributed by atoms with Gasteiger partial charge in [-0.05, 0) is 31.6 Å². The van der Waals surface area contributed by atoms with Gasteiger partial charge in [0.15, 0.2) is 12.2 Å². The van der Waals surface area contributed by atoms with Crippen molar-refractivity contribution in [1.29, 1.82) is 0 Å². The van der Waals surface area contributed by atoms with Crippen molar-refractivity contribution in [2.45, 2.75) is 400 Å². The lowest BCUT2D eigenvalue weighted by Crippen LogP contribution is -2.30. The number of hydrogen-bond acceptors (Lipinski definition) is 15. The highest BCUT2D eigenvalue weighted by Gasteiger charge is 2.30. The SMILES string of the molecule is CCCCCCCCCCCCCCCCC(=O)OC[C@H](COP(=O)(O)OC[C@@H](O)COP(=O)(O)OC[C@@H](COC(=O)CCCCCCC)OC(=O)CCCCCCCCCCCCC)OC(=O)CCCCCCCCCCCCCCCCCCCCC(C)CC.